The molecular formula is C18H16FN3O4. The smallest absolute Gasteiger partial charge is 0.269 e. The van der Waals surface area contributed by atoms with Crippen molar-refractivity contribution in [2.75, 3.05) is 11.4 Å². The van der Waals surface area contributed by atoms with Crippen molar-refractivity contribution in [2.45, 2.75) is 18.9 Å². The number of carbonyl (C=O) groups excluding carboxylic acids is 2. The van der Waals surface area contributed by atoms with Gasteiger partial charge in [0.15, 0.2) is 0 Å². The minimum atomic E-state index is -0.502. The summed E-state index contributed by atoms with van der Waals surface area (Å²) in [6.45, 7) is 0.316. The van der Waals surface area contributed by atoms with E-state index >= 15 is 0 Å². The largest absolute Gasteiger partial charge is 0.351 e. The van der Waals surface area contributed by atoms with Crippen molar-refractivity contribution >= 4 is 23.2 Å². The minimum absolute atomic E-state index is 0.0366. The molecular weight excluding hydrogens is 341 g/mol. The van der Waals surface area contributed by atoms with E-state index in [-0.39, 0.29) is 42.2 Å². The predicted octanol–water partition coefficient (Wildman–Crippen LogP) is 2.20. The van der Waals surface area contributed by atoms with Crippen molar-refractivity contribution in [3.63, 3.8) is 0 Å². The zero-order chi connectivity index (χ0) is 18.7. The van der Waals surface area contributed by atoms with Gasteiger partial charge in [0.05, 0.1) is 17.4 Å². The van der Waals surface area contributed by atoms with Crippen molar-refractivity contribution in [3.05, 3.63) is 70.0 Å². The summed E-state index contributed by atoms with van der Waals surface area (Å²) in [5, 5.41) is 13.4. The van der Waals surface area contributed by atoms with Crippen molar-refractivity contribution in [3.8, 4) is 0 Å². The van der Waals surface area contributed by atoms with E-state index in [1.165, 1.54) is 53.4 Å². The lowest BCUT2D eigenvalue weighted by molar-refractivity contribution is -0.384. The van der Waals surface area contributed by atoms with Gasteiger partial charge in [-0.25, -0.2) is 4.39 Å². The average molecular weight is 357 g/mol. The Balaban J connectivity index is 1.57. The molecule has 7 nitrogen and oxygen atoms in total. The molecule has 0 radical (unpaired) electrons. The van der Waals surface area contributed by atoms with Crippen LogP contribution < -0.4 is 10.2 Å². The third kappa shape index (κ3) is 4.02. The summed E-state index contributed by atoms with van der Waals surface area (Å²) in [5.41, 5.74) is 1.20. The Morgan fingerprint density at radius 2 is 1.85 bits per heavy atom. The Morgan fingerprint density at radius 3 is 2.46 bits per heavy atom. The highest BCUT2D eigenvalue weighted by Crippen LogP contribution is 2.22. The van der Waals surface area contributed by atoms with Gasteiger partial charge in [-0.1, -0.05) is 12.1 Å². The molecule has 1 N–H and O–H groups in total. The summed E-state index contributed by atoms with van der Waals surface area (Å²) in [5.74, 6) is -0.789. The van der Waals surface area contributed by atoms with Crippen LogP contribution in [0.4, 0.5) is 15.8 Å². The second kappa shape index (κ2) is 7.30. The Labute approximate surface area is 148 Å². The summed E-state index contributed by atoms with van der Waals surface area (Å²) in [6.07, 6.45) is 0.239. The van der Waals surface area contributed by atoms with E-state index in [0.717, 1.165) is 0 Å². The zero-order valence-corrected chi connectivity index (χ0v) is 13.7. The summed E-state index contributed by atoms with van der Waals surface area (Å²) < 4.78 is 13.0. The number of amides is 2. The molecule has 0 bridgehead atoms. The summed E-state index contributed by atoms with van der Waals surface area (Å²) in [7, 11) is 0. The first-order valence-electron chi connectivity index (χ1n) is 8.01. The number of carbonyl (C=O) groups is 2. The highest BCUT2D eigenvalue weighted by Gasteiger charge is 2.31. The number of halogens is 1. The number of benzene rings is 2. The lowest BCUT2D eigenvalue weighted by atomic mass is 10.1. The van der Waals surface area contributed by atoms with Gasteiger partial charge in [0.2, 0.25) is 11.8 Å². The Hall–Kier alpha value is -3.29. The van der Waals surface area contributed by atoms with E-state index in [1.807, 2.05) is 0 Å². The van der Waals surface area contributed by atoms with Crippen molar-refractivity contribution in [2.24, 2.45) is 0 Å². The average Bonchev–Trinajstić information content (AvgIpc) is 2.96. The third-order valence-electron chi connectivity index (χ3n) is 4.14. The van der Waals surface area contributed by atoms with Crippen molar-refractivity contribution in [1.82, 2.24) is 5.32 Å². The second-order valence-corrected chi connectivity index (χ2v) is 6.05. The number of rotatable bonds is 5. The zero-order valence-electron chi connectivity index (χ0n) is 13.7. The lowest BCUT2D eigenvalue weighted by Gasteiger charge is -2.17. The number of nitrogens with zero attached hydrogens (tertiary/aromatic N) is 2. The number of anilines is 1. The van der Waals surface area contributed by atoms with E-state index in [0.29, 0.717) is 17.8 Å². The van der Waals surface area contributed by atoms with Gasteiger partial charge < -0.3 is 10.2 Å². The summed E-state index contributed by atoms with van der Waals surface area (Å²) in [6, 6.07) is 11.0. The maximum absolute atomic E-state index is 13.0. The molecule has 2 amide bonds. The van der Waals surface area contributed by atoms with Crippen LogP contribution >= 0.6 is 0 Å². The number of nitrogens with one attached hydrogen (secondary N) is 1. The predicted molar refractivity (Wildman–Crippen MR) is 92.1 cm³/mol. The van der Waals surface area contributed by atoms with Gasteiger partial charge in [-0.15, -0.1) is 0 Å². The van der Waals surface area contributed by atoms with E-state index < -0.39 is 4.92 Å². The molecule has 1 aliphatic heterocycles. The molecule has 0 spiro atoms. The molecule has 0 unspecified atom stereocenters. The van der Waals surface area contributed by atoms with Gasteiger partial charge in [-0.2, -0.15) is 0 Å². The molecule has 0 saturated carbocycles. The Kier molecular flexibility index (Phi) is 4.92. The minimum Gasteiger partial charge on any atom is -0.351 e. The van der Waals surface area contributed by atoms with Crippen LogP contribution in [0.15, 0.2) is 48.5 Å². The number of nitro groups is 1. The van der Waals surface area contributed by atoms with Crippen molar-refractivity contribution in [1.29, 1.82) is 0 Å². The fourth-order valence-electron chi connectivity index (χ4n) is 2.87. The molecule has 2 aromatic carbocycles. The molecule has 1 fully saturated rings. The molecule has 0 aromatic heterocycles. The number of hydrogen-bond donors (Lipinski definition) is 1. The summed E-state index contributed by atoms with van der Waals surface area (Å²) >= 11 is 0. The first-order chi connectivity index (χ1) is 12.4. The molecule has 1 saturated heterocycles. The van der Waals surface area contributed by atoms with Crippen LogP contribution in [0.3, 0.4) is 0 Å². The molecule has 8 heteroatoms. The standard InChI is InChI=1S/C18H16FN3O4/c19-13-3-7-15(8-4-13)21-11-14(10-18(21)24)20-17(23)9-12-1-5-16(6-2-12)22(25)26/h1-8,14H,9-11H2,(H,20,23)/t14-/m1/s1. The topological polar surface area (TPSA) is 92.5 Å². The van der Waals surface area contributed by atoms with Crippen LogP contribution in [-0.4, -0.2) is 29.3 Å². The fraction of sp³-hybridized carbons (Fsp3) is 0.222. The highest BCUT2D eigenvalue weighted by atomic mass is 19.1. The third-order valence-corrected chi connectivity index (χ3v) is 4.14. The van der Waals surface area contributed by atoms with Crippen LogP contribution in [0.25, 0.3) is 0 Å². The van der Waals surface area contributed by atoms with Gasteiger partial charge in [-0.05, 0) is 29.8 Å². The number of hydrogen-bond acceptors (Lipinski definition) is 4. The Bertz CT molecular complexity index is 837. The molecule has 1 heterocycles. The maximum atomic E-state index is 13.0. The van der Waals surface area contributed by atoms with Crippen molar-refractivity contribution < 1.29 is 18.9 Å². The van der Waals surface area contributed by atoms with Crippen LogP contribution in [0.2, 0.25) is 0 Å². The lowest BCUT2D eigenvalue weighted by Crippen LogP contribution is -2.38. The molecule has 134 valence electrons. The van der Waals surface area contributed by atoms with Crippen LogP contribution in [0.5, 0.6) is 0 Å². The quantitative estimate of drug-likeness (QED) is 0.656. The van der Waals surface area contributed by atoms with E-state index in [4.69, 9.17) is 0 Å². The fourth-order valence-corrected chi connectivity index (χ4v) is 2.87. The monoisotopic (exact) mass is 357 g/mol. The van der Waals surface area contributed by atoms with E-state index in [9.17, 15) is 24.1 Å². The number of non-ortho nitro benzene ring substituents is 1. The summed E-state index contributed by atoms with van der Waals surface area (Å²) in [4.78, 5) is 35.9. The van der Waals surface area contributed by atoms with Crippen LogP contribution in [-0.2, 0) is 16.0 Å². The van der Waals surface area contributed by atoms with Crippen LogP contribution in [0.1, 0.15) is 12.0 Å². The first-order valence-corrected chi connectivity index (χ1v) is 8.01. The molecule has 2 aromatic rings. The molecule has 0 aliphatic carbocycles. The maximum Gasteiger partial charge on any atom is 0.269 e. The van der Waals surface area contributed by atoms with Gasteiger partial charge in [0.1, 0.15) is 5.82 Å². The SMILES string of the molecule is O=C(Cc1ccc([N+](=O)[O-])cc1)N[C@@H]1CC(=O)N(c2ccc(F)cc2)C1. The number of nitro benzene ring substituents is 1. The van der Waals surface area contributed by atoms with Crippen LogP contribution in [0, 0.1) is 15.9 Å². The van der Waals surface area contributed by atoms with Gasteiger partial charge in [0, 0.05) is 30.8 Å². The Morgan fingerprint density at radius 1 is 1.19 bits per heavy atom. The second-order valence-electron chi connectivity index (χ2n) is 6.05. The highest BCUT2D eigenvalue weighted by molar-refractivity contribution is 5.96. The van der Waals surface area contributed by atoms with Gasteiger partial charge >= 0.3 is 0 Å². The van der Waals surface area contributed by atoms with Gasteiger partial charge in [0.25, 0.3) is 5.69 Å². The molecule has 3 rings (SSSR count). The van der Waals surface area contributed by atoms with E-state index in [2.05, 4.69) is 5.32 Å². The molecule has 1 atom stereocenters. The first kappa shape index (κ1) is 17.5. The molecule has 26 heavy (non-hydrogen) atoms. The molecule has 1 aliphatic rings. The van der Waals surface area contributed by atoms with E-state index in [1.54, 1.807) is 0 Å². The van der Waals surface area contributed by atoms with Gasteiger partial charge in [-0.3, -0.25) is 19.7 Å². The normalized spacial score (nSPS) is 16.6.